The van der Waals surface area contributed by atoms with Crippen LogP contribution in [0.4, 0.5) is 20.6 Å². The molecule has 0 bridgehead atoms. The van der Waals surface area contributed by atoms with Gasteiger partial charge in [-0.15, -0.1) is 0 Å². The fourth-order valence-corrected chi connectivity index (χ4v) is 3.73. The number of amides is 1. The third-order valence-electron chi connectivity index (χ3n) is 3.85. The first kappa shape index (κ1) is 23.9. The second-order valence-corrected chi connectivity index (χ2v) is 9.33. The average Bonchev–Trinajstić information content (AvgIpc) is 2.64. The Balaban J connectivity index is 2.59. The molecule has 160 valence electrons. The van der Waals surface area contributed by atoms with Crippen molar-refractivity contribution in [2.24, 2.45) is 0 Å². The van der Waals surface area contributed by atoms with Gasteiger partial charge in [0.1, 0.15) is 17.1 Å². The van der Waals surface area contributed by atoms with Crippen LogP contribution in [0.1, 0.15) is 48.0 Å². The maximum atomic E-state index is 14.2. The van der Waals surface area contributed by atoms with Crippen molar-refractivity contribution in [3.05, 3.63) is 56.8 Å². The van der Waals surface area contributed by atoms with E-state index in [-0.39, 0.29) is 40.1 Å². The second kappa shape index (κ2) is 9.65. The molecule has 11 heteroatoms. The number of aromatic amines is 1. The van der Waals surface area contributed by atoms with Gasteiger partial charge in [0.05, 0.1) is 11.4 Å². The molecule has 8 nitrogen and oxygen atoms in total. The number of anilines is 2. The van der Waals surface area contributed by atoms with Crippen molar-refractivity contribution in [2.75, 3.05) is 10.4 Å². The molecule has 0 aliphatic rings. The predicted molar refractivity (Wildman–Crippen MR) is 125 cm³/mol. The third kappa shape index (κ3) is 5.63. The summed E-state index contributed by atoms with van der Waals surface area (Å²) in [6, 6.07) is 3.69. The molecule has 1 heterocycles. The summed E-state index contributed by atoms with van der Waals surface area (Å²) in [6.07, 6.45) is 0.167. The molecule has 1 aromatic carbocycles. The highest BCUT2D eigenvalue weighted by molar-refractivity contribution is 14.2. The maximum absolute atomic E-state index is 14.2. The molecule has 0 radical (unpaired) electrons. The van der Waals surface area contributed by atoms with E-state index in [1.54, 1.807) is 20.8 Å². The Morgan fingerprint density at radius 1 is 1.33 bits per heavy atom. The summed E-state index contributed by atoms with van der Waals surface area (Å²) in [5, 5.41) is 12.9. The number of rotatable bonds is 6. The van der Waals surface area contributed by atoms with Crippen LogP contribution >= 0.6 is 28.4 Å². The lowest BCUT2D eigenvalue weighted by Crippen LogP contribution is -2.29. The number of carbonyl (C=O) groups excluding carboxylic acids is 2. The summed E-state index contributed by atoms with van der Waals surface area (Å²) in [7, 11) is 0. The van der Waals surface area contributed by atoms with E-state index in [0.29, 0.717) is 0 Å². The number of halogens is 2. The summed E-state index contributed by atoms with van der Waals surface area (Å²) >= 11 is 2.00. The monoisotopic (exact) mass is 546 g/mol. The predicted octanol–water partition coefficient (Wildman–Crippen LogP) is 4.75. The van der Waals surface area contributed by atoms with Crippen molar-refractivity contribution in [3.63, 3.8) is 0 Å². The fourth-order valence-electron chi connectivity index (χ4n) is 2.57. The normalized spacial score (nSPS) is 11.4. The van der Waals surface area contributed by atoms with E-state index in [4.69, 9.17) is 10.1 Å². The first-order valence-electron chi connectivity index (χ1n) is 8.71. The molecule has 0 aliphatic carbocycles. The van der Waals surface area contributed by atoms with Crippen molar-refractivity contribution in [3.8, 4) is 0 Å². The molecular weight excluding hydrogens is 525 g/mol. The fraction of sp³-hybridized carbons (Fsp3) is 0.263. The van der Waals surface area contributed by atoms with Crippen molar-refractivity contribution in [1.29, 1.82) is 5.41 Å². The van der Waals surface area contributed by atoms with Crippen LogP contribution in [0.15, 0.2) is 23.0 Å². The van der Waals surface area contributed by atoms with Gasteiger partial charge in [-0.05, 0) is 67.9 Å². The molecule has 0 aliphatic heterocycles. The van der Waals surface area contributed by atoms with Crippen LogP contribution in [0.25, 0.3) is 0 Å². The van der Waals surface area contributed by atoms with E-state index in [9.17, 15) is 18.8 Å². The number of carbonyl (C=O) groups is 2. The summed E-state index contributed by atoms with van der Waals surface area (Å²) in [4.78, 5) is 40.1. The lowest BCUT2D eigenvalue weighted by molar-refractivity contribution is 0.0636. The molecule has 1 aromatic heterocycles. The minimum absolute atomic E-state index is 0.00436. The zero-order chi connectivity index (χ0) is 22.6. The van der Waals surface area contributed by atoms with Gasteiger partial charge in [0, 0.05) is 29.3 Å². The standard InChI is InChI=1S/C19H21FIN4O4P/c1-9-7-13(23-18(28)29-19(2,3)4)15(24-17(9)27)16(26)10-5-6-12(20)14(25-30-21)11(10)8-22/h5-8,22,25,30H,1-4H3,(H,23,28)(H,24,27). The lowest BCUT2D eigenvalue weighted by Gasteiger charge is -2.20. The van der Waals surface area contributed by atoms with Crippen LogP contribution in [0.5, 0.6) is 0 Å². The molecular formula is C19H21FIN4O4P. The van der Waals surface area contributed by atoms with Gasteiger partial charge in [-0.2, -0.15) is 0 Å². The number of aromatic nitrogens is 1. The molecule has 0 spiro atoms. The Hall–Kier alpha value is -2.33. The number of ether oxygens (including phenoxy) is 1. The number of nitrogens with one attached hydrogen (secondary N) is 4. The lowest BCUT2D eigenvalue weighted by atomic mass is 9.99. The summed E-state index contributed by atoms with van der Waals surface area (Å²) in [5.74, 6) is -1.30. The van der Waals surface area contributed by atoms with Crippen LogP contribution in [0.3, 0.4) is 0 Å². The highest BCUT2D eigenvalue weighted by Gasteiger charge is 2.24. The van der Waals surface area contributed by atoms with E-state index in [0.717, 1.165) is 12.3 Å². The number of aryl methyl sites for hydroxylation is 1. The Labute approximate surface area is 187 Å². The minimum atomic E-state index is -0.803. The van der Waals surface area contributed by atoms with Crippen LogP contribution in [0.2, 0.25) is 0 Å². The first-order valence-corrected chi connectivity index (χ1v) is 12.8. The second-order valence-electron chi connectivity index (χ2n) is 7.27. The number of pyridine rings is 1. The smallest absolute Gasteiger partial charge is 0.412 e. The Morgan fingerprint density at radius 3 is 2.57 bits per heavy atom. The third-order valence-corrected chi connectivity index (χ3v) is 5.00. The molecule has 1 unspecified atom stereocenters. The van der Waals surface area contributed by atoms with E-state index in [1.807, 2.05) is 22.0 Å². The van der Waals surface area contributed by atoms with Gasteiger partial charge in [0.25, 0.3) is 5.56 Å². The number of hydrogen-bond donors (Lipinski definition) is 4. The number of ketones is 1. The average molecular weight is 546 g/mol. The number of hydrogen-bond acceptors (Lipinski definition) is 6. The Morgan fingerprint density at radius 2 is 2.00 bits per heavy atom. The van der Waals surface area contributed by atoms with Crippen LogP contribution in [0, 0.1) is 18.2 Å². The quantitative estimate of drug-likeness (QED) is 0.180. The van der Waals surface area contributed by atoms with Crippen molar-refractivity contribution >= 4 is 57.9 Å². The van der Waals surface area contributed by atoms with Gasteiger partial charge in [-0.25, -0.2) is 9.18 Å². The summed E-state index contributed by atoms with van der Waals surface area (Å²) in [5.41, 5.74) is -1.12. The minimum Gasteiger partial charge on any atom is -0.444 e. The molecule has 0 saturated carbocycles. The maximum Gasteiger partial charge on any atom is 0.412 e. The number of H-pyrrole nitrogens is 1. The van der Waals surface area contributed by atoms with Crippen molar-refractivity contribution in [1.82, 2.24) is 4.98 Å². The topological polar surface area (TPSA) is 124 Å². The number of benzene rings is 1. The van der Waals surface area contributed by atoms with Crippen LogP contribution in [-0.2, 0) is 4.74 Å². The van der Waals surface area contributed by atoms with Gasteiger partial charge in [-0.3, -0.25) is 14.9 Å². The van der Waals surface area contributed by atoms with E-state index in [2.05, 4.69) is 15.4 Å². The highest BCUT2D eigenvalue weighted by atomic mass is 127. The van der Waals surface area contributed by atoms with Gasteiger partial charge >= 0.3 is 6.09 Å². The van der Waals surface area contributed by atoms with E-state index >= 15 is 0 Å². The van der Waals surface area contributed by atoms with Gasteiger partial charge in [0.15, 0.2) is 0 Å². The first-order chi connectivity index (χ1) is 14.0. The Bertz CT molecular complexity index is 1070. The van der Waals surface area contributed by atoms with Crippen molar-refractivity contribution in [2.45, 2.75) is 33.3 Å². The molecule has 2 aromatic rings. The SMILES string of the molecule is Cc1cc(NC(=O)OC(C)(C)C)c(C(=O)c2ccc(F)c(NPI)c2C=N)[nH]c1=O. The zero-order valence-electron chi connectivity index (χ0n) is 16.7. The molecule has 2 rings (SSSR count). The zero-order valence-corrected chi connectivity index (χ0v) is 19.9. The van der Waals surface area contributed by atoms with Crippen molar-refractivity contribution < 1.29 is 18.7 Å². The summed E-state index contributed by atoms with van der Waals surface area (Å²) in [6.45, 7) is 6.59. The van der Waals surface area contributed by atoms with Crippen LogP contribution < -0.4 is 16.0 Å². The van der Waals surface area contributed by atoms with Crippen LogP contribution in [-0.4, -0.2) is 28.7 Å². The van der Waals surface area contributed by atoms with Gasteiger partial charge < -0.3 is 20.2 Å². The van der Waals surface area contributed by atoms with E-state index < -0.39 is 28.9 Å². The summed E-state index contributed by atoms with van der Waals surface area (Å²) < 4.78 is 19.4. The van der Waals surface area contributed by atoms with E-state index in [1.165, 1.54) is 19.1 Å². The molecule has 0 fully saturated rings. The molecule has 1 atom stereocenters. The largest absolute Gasteiger partial charge is 0.444 e. The molecule has 1 amide bonds. The van der Waals surface area contributed by atoms with Gasteiger partial charge in [-0.1, -0.05) is 0 Å². The van der Waals surface area contributed by atoms with Gasteiger partial charge in [0.2, 0.25) is 5.78 Å². The molecule has 0 saturated heterocycles. The highest BCUT2D eigenvalue weighted by Crippen LogP contribution is 2.31. The molecule has 4 N–H and O–H groups in total. The Kier molecular flexibility index (Phi) is 7.70. The molecule has 30 heavy (non-hydrogen) atoms.